The Morgan fingerprint density at radius 3 is 3.04 bits per heavy atom. The lowest BCUT2D eigenvalue weighted by Gasteiger charge is -2.24. The molecule has 2 aromatic heterocycles. The molecule has 2 amide bonds. The molecule has 2 aliphatic rings. The molecule has 1 aliphatic carbocycles. The van der Waals surface area contributed by atoms with Crippen molar-refractivity contribution in [3.63, 3.8) is 0 Å². The monoisotopic (exact) mass is 342 g/mol. The number of fused-ring (bicyclic) bond motifs is 1. The number of furan rings is 1. The van der Waals surface area contributed by atoms with Crippen LogP contribution in [-0.2, 0) is 11.3 Å². The van der Waals surface area contributed by atoms with E-state index in [1.807, 2.05) is 25.4 Å². The summed E-state index contributed by atoms with van der Waals surface area (Å²) in [6.07, 6.45) is 5.97. The number of carbonyl (C=O) groups is 2. The normalized spacial score (nSPS) is 25.5. The Balaban J connectivity index is 1.41. The standard InChI is InChI=1S/C18H22N4O3/c1-21(14-7-12-9-17(23)19-10-13(12)8-14)18(24)16-4-3-15(25-16)11-22-6-2-5-20-22/h2-6,12-14H,7-11H2,1H3,(H,19,23)/t12-,13+,14-/m0/s1. The van der Waals surface area contributed by atoms with Gasteiger partial charge in [-0.15, -0.1) is 0 Å². The molecule has 3 heterocycles. The second-order valence-electron chi connectivity index (χ2n) is 7.04. The Kier molecular flexibility index (Phi) is 4.07. The molecule has 25 heavy (non-hydrogen) atoms. The molecule has 7 heteroatoms. The molecule has 2 fully saturated rings. The number of carbonyl (C=O) groups excluding carboxylic acids is 2. The highest BCUT2D eigenvalue weighted by Crippen LogP contribution is 2.38. The van der Waals surface area contributed by atoms with E-state index in [-0.39, 0.29) is 17.9 Å². The van der Waals surface area contributed by atoms with Gasteiger partial charge in [-0.2, -0.15) is 5.10 Å². The van der Waals surface area contributed by atoms with Crippen LogP contribution in [-0.4, -0.2) is 46.1 Å². The van der Waals surface area contributed by atoms with Crippen molar-refractivity contribution in [3.05, 3.63) is 42.1 Å². The van der Waals surface area contributed by atoms with Crippen molar-refractivity contribution in [1.82, 2.24) is 20.0 Å². The predicted octanol–water partition coefficient (Wildman–Crippen LogP) is 1.51. The van der Waals surface area contributed by atoms with Crippen LogP contribution < -0.4 is 5.32 Å². The molecule has 7 nitrogen and oxygen atoms in total. The third-order valence-electron chi connectivity index (χ3n) is 5.44. The number of rotatable bonds is 4. The summed E-state index contributed by atoms with van der Waals surface area (Å²) < 4.78 is 7.47. The maximum absolute atomic E-state index is 12.7. The maximum Gasteiger partial charge on any atom is 0.289 e. The molecule has 0 spiro atoms. The van der Waals surface area contributed by atoms with Crippen molar-refractivity contribution in [1.29, 1.82) is 0 Å². The van der Waals surface area contributed by atoms with Crippen LogP contribution in [0.4, 0.5) is 0 Å². The topological polar surface area (TPSA) is 80.4 Å². The number of piperidine rings is 1. The van der Waals surface area contributed by atoms with Crippen LogP contribution in [0.1, 0.15) is 35.6 Å². The van der Waals surface area contributed by atoms with E-state index in [0.29, 0.717) is 36.3 Å². The predicted molar refractivity (Wildman–Crippen MR) is 89.8 cm³/mol. The first-order valence-corrected chi connectivity index (χ1v) is 8.70. The van der Waals surface area contributed by atoms with Crippen LogP contribution in [0.2, 0.25) is 0 Å². The molecule has 132 valence electrons. The van der Waals surface area contributed by atoms with Crippen LogP contribution in [0, 0.1) is 11.8 Å². The fourth-order valence-corrected chi connectivity index (χ4v) is 4.02. The minimum absolute atomic E-state index is 0.102. The van der Waals surface area contributed by atoms with Crippen LogP contribution in [0.5, 0.6) is 0 Å². The molecule has 1 N–H and O–H groups in total. The van der Waals surface area contributed by atoms with Gasteiger partial charge in [-0.05, 0) is 42.9 Å². The zero-order valence-electron chi connectivity index (χ0n) is 14.2. The number of aromatic nitrogens is 2. The highest BCUT2D eigenvalue weighted by atomic mass is 16.4. The van der Waals surface area contributed by atoms with E-state index in [2.05, 4.69) is 10.4 Å². The van der Waals surface area contributed by atoms with Gasteiger partial charge < -0.3 is 14.6 Å². The first kappa shape index (κ1) is 15.9. The molecule has 1 saturated carbocycles. The van der Waals surface area contributed by atoms with Crippen molar-refractivity contribution in [2.24, 2.45) is 11.8 Å². The van der Waals surface area contributed by atoms with Gasteiger partial charge in [0.15, 0.2) is 5.76 Å². The van der Waals surface area contributed by atoms with Crippen LogP contribution in [0.15, 0.2) is 35.0 Å². The lowest BCUT2D eigenvalue weighted by Crippen LogP contribution is -2.38. The van der Waals surface area contributed by atoms with Crippen molar-refractivity contribution in [2.45, 2.75) is 31.8 Å². The number of hydrogen-bond donors (Lipinski definition) is 1. The maximum atomic E-state index is 12.7. The number of nitrogens with one attached hydrogen (secondary N) is 1. The van der Waals surface area contributed by atoms with E-state index in [1.54, 1.807) is 21.8 Å². The second kappa shape index (κ2) is 6.38. The fraction of sp³-hybridized carbons (Fsp3) is 0.500. The lowest BCUT2D eigenvalue weighted by atomic mass is 9.89. The van der Waals surface area contributed by atoms with Crippen molar-refractivity contribution in [2.75, 3.05) is 13.6 Å². The first-order chi connectivity index (χ1) is 12.1. The summed E-state index contributed by atoms with van der Waals surface area (Å²) >= 11 is 0. The number of hydrogen-bond acceptors (Lipinski definition) is 4. The van der Waals surface area contributed by atoms with Crippen LogP contribution in [0.3, 0.4) is 0 Å². The van der Waals surface area contributed by atoms with E-state index in [9.17, 15) is 9.59 Å². The Morgan fingerprint density at radius 1 is 1.40 bits per heavy atom. The van der Waals surface area contributed by atoms with Gasteiger partial charge in [-0.1, -0.05) is 0 Å². The van der Waals surface area contributed by atoms with Gasteiger partial charge in [0.05, 0.1) is 6.54 Å². The molecular weight excluding hydrogens is 320 g/mol. The SMILES string of the molecule is CN(C(=O)c1ccc(Cn2cccn2)o1)[C@H]1C[C@H]2CC(=O)NC[C@H]2C1. The summed E-state index contributed by atoms with van der Waals surface area (Å²) in [5.74, 6) is 1.95. The molecule has 1 saturated heterocycles. The van der Waals surface area contributed by atoms with Crippen molar-refractivity contribution >= 4 is 11.8 Å². The van der Waals surface area contributed by atoms with Gasteiger partial charge in [0, 0.05) is 38.4 Å². The summed E-state index contributed by atoms with van der Waals surface area (Å²) in [6, 6.07) is 5.56. The van der Waals surface area contributed by atoms with Gasteiger partial charge in [-0.25, -0.2) is 0 Å². The third kappa shape index (κ3) is 3.18. The summed E-state index contributed by atoms with van der Waals surface area (Å²) in [4.78, 5) is 26.1. The van der Waals surface area contributed by atoms with E-state index in [1.165, 1.54) is 0 Å². The second-order valence-corrected chi connectivity index (χ2v) is 7.04. The van der Waals surface area contributed by atoms with Gasteiger partial charge in [0.2, 0.25) is 5.91 Å². The number of nitrogens with zero attached hydrogens (tertiary/aromatic N) is 3. The lowest BCUT2D eigenvalue weighted by molar-refractivity contribution is -0.124. The highest BCUT2D eigenvalue weighted by molar-refractivity contribution is 5.91. The quantitative estimate of drug-likeness (QED) is 0.913. The first-order valence-electron chi connectivity index (χ1n) is 8.70. The fourth-order valence-electron chi connectivity index (χ4n) is 4.02. The zero-order valence-corrected chi connectivity index (χ0v) is 14.2. The molecule has 0 bridgehead atoms. The Bertz CT molecular complexity index is 767. The van der Waals surface area contributed by atoms with E-state index in [4.69, 9.17) is 4.42 Å². The zero-order chi connectivity index (χ0) is 17.4. The van der Waals surface area contributed by atoms with E-state index < -0.39 is 0 Å². The van der Waals surface area contributed by atoms with Crippen molar-refractivity contribution in [3.8, 4) is 0 Å². The summed E-state index contributed by atoms with van der Waals surface area (Å²) in [5.41, 5.74) is 0. The van der Waals surface area contributed by atoms with Gasteiger partial charge in [0.25, 0.3) is 5.91 Å². The molecule has 1 aliphatic heterocycles. The smallest absolute Gasteiger partial charge is 0.289 e. The molecule has 0 unspecified atom stereocenters. The molecule has 0 radical (unpaired) electrons. The molecular formula is C18H22N4O3. The number of amides is 2. The largest absolute Gasteiger partial charge is 0.454 e. The third-order valence-corrected chi connectivity index (χ3v) is 5.44. The Labute approximate surface area is 146 Å². The summed E-state index contributed by atoms with van der Waals surface area (Å²) in [5, 5.41) is 7.07. The van der Waals surface area contributed by atoms with Crippen LogP contribution in [0.25, 0.3) is 0 Å². The molecule has 0 aromatic carbocycles. The van der Waals surface area contributed by atoms with E-state index in [0.717, 1.165) is 19.4 Å². The summed E-state index contributed by atoms with van der Waals surface area (Å²) in [7, 11) is 1.83. The average molecular weight is 342 g/mol. The Morgan fingerprint density at radius 2 is 2.24 bits per heavy atom. The minimum atomic E-state index is -0.102. The molecule has 3 atom stereocenters. The van der Waals surface area contributed by atoms with Crippen LogP contribution >= 0.6 is 0 Å². The molecule has 4 rings (SSSR count). The van der Waals surface area contributed by atoms with Crippen molar-refractivity contribution < 1.29 is 14.0 Å². The van der Waals surface area contributed by atoms with Gasteiger partial charge in [0.1, 0.15) is 5.76 Å². The van der Waals surface area contributed by atoms with Gasteiger partial charge in [-0.3, -0.25) is 14.3 Å². The average Bonchev–Trinajstić information content (AvgIpc) is 3.33. The van der Waals surface area contributed by atoms with Gasteiger partial charge >= 0.3 is 0 Å². The highest BCUT2D eigenvalue weighted by Gasteiger charge is 2.41. The Hall–Kier alpha value is -2.57. The molecule has 2 aromatic rings. The van der Waals surface area contributed by atoms with E-state index >= 15 is 0 Å². The minimum Gasteiger partial charge on any atom is -0.454 e. The summed E-state index contributed by atoms with van der Waals surface area (Å²) in [6.45, 7) is 1.24.